The molecule has 0 unspecified atom stereocenters. The van der Waals surface area contributed by atoms with Gasteiger partial charge in [-0.25, -0.2) is 4.39 Å². The molecule has 5 nitrogen and oxygen atoms in total. The predicted octanol–water partition coefficient (Wildman–Crippen LogP) is 2.27. The number of halogens is 1. The van der Waals surface area contributed by atoms with Crippen LogP contribution in [-0.4, -0.2) is 11.0 Å². The Labute approximate surface area is 72.7 Å². The van der Waals surface area contributed by atoms with Gasteiger partial charge in [0, 0.05) is 10.5 Å². The van der Waals surface area contributed by atoms with Crippen LogP contribution in [0, 0.1) is 5.82 Å². The highest BCUT2D eigenvalue weighted by atomic mass is 19.1. The Kier molecular flexibility index (Phi) is 2.83. The van der Waals surface area contributed by atoms with Gasteiger partial charge in [0.25, 0.3) is 0 Å². The van der Waals surface area contributed by atoms with Gasteiger partial charge in [-0.15, -0.1) is 0 Å². The average Bonchev–Trinajstić information content (AvgIpc) is 2.16. The zero-order chi connectivity index (χ0) is 9.68. The van der Waals surface area contributed by atoms with Crippen LogP contribution in [0.1, 0.15) is 5.56 Å². The molecular weight excluding hydrogens is 175 g/mol. The summed E-state index contributed by atoms with van der Waals surface area (Å²) in [4.78, 5) is 2.45. The fourth-order valence-corrected chi connectivity index (χ4v) is 0.777. The van der Waals surface area contributed by atoms with E-state index in [0.717, 1.165) is 0 Å². The van der Waals surface area contributed by atoms with Gasteiger partial charge in [0.2, 0.25) is 0 Å². The largest absolute Gasteiger partial charge is 0.410 e. The molecule has 1 aromatic carbocycles. The summed E-state index contributed by atoms with van der Waals surface area (Å²) in [7, 11) is 0. The van der Waals surface area contributed by atoms with E-state index in [4.69, 9.17) is 10.7 Å². The first kappa shape index (κ1) is 9.02. The monoisotopic (exact) mass is 180 g/mol. The van der Waals surface area contributed by atoms with Gasteiger partial charge in [0.05, 0.1) is 0 Å². The van der Waals surface area contributed by atoms with Crippen molar-refractivity contribution < 1.29 is 9.60 Å². The first-order chi connectivity index (χ1) is 6.27. The van der Waals surface area contributed by atoms with Gasteiger partial charge >= 0.3 is 0 Å². The third-order valence-electron chi connectivity index (χ3n) is 1.34. The lowest BCUT2D eigenvalue weighted by Crippen LogP contribution is -1.95. The molecule has 0 atom stereocenters. The van der Waals surface area contributed by atoms with E-state index in [1.165, 1.54) is 24.3 Å². The zero-order valence-electron chi connectivity index (χ0n) is 6.42. The number of rotatable bonds is 1. The number of hydrogen-bond acceptors (Lipinski definition) is 2. The number of nitrogens with zero attached hydrogens (tertiary/aromatic N) is 4. The summed E-state index contributed by atoms with van der Waals surface area (Å²) < 4.78 is 12.4. The number of benzene rings is 1. The standard InChI is InChI=1S/C7H5FN4O/c8-6-3-1-5(2-4-6)7(11-13)10-12-9/h1-4,13H/b11-7-. The highest BCUT2D eigenvalue weighted by Crippen LogP contribution is 2.05. The molecule has 0 aliphatic rings. The van der Waals surface area contributed by atoms with E-state index in [9.17, 15) is 4.39 Å². The lowest BCUT2D eigenvalue weighted by molar-refractivity contribution is 0.318. The summed E-state index contributed by atoms with van der Waals surface area (Å²) in [5.74, 6) is -0.607. The Morgan fingerprint density at radius 1 is 1.38 bits per heavy atom. The molecule has 0 radical (unpaired) electrons. The molecule has 1 aromatic rings. The molecule has 0 aromatic heterocycles. The van der Waals surface area contributed by atoms with Gasteiger partial charge in [0.15, 0.2) is 5.84 Å². The first-order valence-corrected chi connectivity index (χ1v) is 3.31. The van der Waals surface area contributed by atoms with Gasteiger partial charge in [0.1, 0.15) is 5.82 Å². The van der Waals surface area contributed by atoms with Crippen LogP contribution >= 0.6 is 0 Å². The van der Waals surface area contributed by atoms with E-state index < -0.39 is 5.82 Å². The van der Waals surface area contributed by atoms with E-state index in [0.29, 0.717) is 5.56 Å². The minimum Gasteiger partial charge on any atom is -0.410 e. The topological polar surface area (TPSA) is 81.4 Å². The van der Waals surface area contributed by atoms with Crippen molar-refractivity contribution in [2.75, 3.05) is 0 Å². The second kappa shape index (κ2) is 4.08. The first-order valence-electron chi connectivity index (χ1n) is 3.31. The summed E-state index contributed by atoms with van der Waals surface area (Å²) in [6.45, 7) is 0. The molecule has 0 saturated carbocycles. The molecule has 13 heavy (non-hydrogen) atoms. The predicted molar refractivity (Wildman–Crippen MR) is 43.9 cm³/mol. The Balaban J connectivity index is 3.07. The van der Waals surface area contributed by atoms with Crippen molar-refractivity contribution in [3.8, 4) is 0 Å². The molecule has 0 heterocycles. The molecule has 0 fully saturated rings. The molecule has 0 aliphatic heterocycles. The van der Waals surface area contributed by atoms with Gasteiger partial charge in [-0.1, -0.05) is 5.16 Å². The van der Waals surface area contributed by atoms with Crippen LogP contribution in [0.5, 0.6) is 0 Å². The van der Waals surface area contributed by atoms with Gasteiger partial charge < -0.3 is 5.21 Å². The molecule has 6 heteroatoms. The van der Waals surface area contributed by atoms with Crippen LogP contribution < -0.4 is 0 Å². The van der Waals surface area contributed by atoms with E-state index in [-0.39, 0.29) is 5.84 Å². The van der Waals surface area contributed by atoms with Crippen molar-refractivity contribution >= 4 is 5.84 Å². The van der Waals surface area contributed by atoms with Crippen LogP contribution in [0.25, 0.3) is 10.4 Å². The van der Waals surface area contributed by atoms with Crippen LogP contribution in [0.3, 0.4) is 0 Å². The quantitative estimate of drug-likeness (QED) is 0.134. The van der Waals surface area contributed by atoms with Crippen molar-refractivity contribution in [1.29, 1.82) is 0 Å². The summed E-state index contributed by atoms with van der Waals surface area (Å²) in [5, 5.41) is 14.3. The van der Waals surface area contributed by atoms with Gasteiger partial charge in [-0.2, -0.15) is 0 Å². The maximum absolute atomic E-state index is 12.4. The lowest BCUT2D eigenvalue weighted by Gasteiger charge is -1.95. The second-order valence-electron chi connectivity index (χ2n) is 2.12. The van der Waals surface area contributed by atoms with Crippen LogP contribution in [0.4, 0.5) is 4.39 Å². The van der Waals surface area contributed by atoms with Crippen LogP contribution in [-0.2, 0) is 0 Å². The lowest BCUT2D eigenvalue weighted by atomic mass is 10.2. The van der Waals surface area contributed by atoms with Crippen LogP contribution in [0.2, 0.25) is 0 Å². The number of oxime groups is 1. The van der Waals surface area contributed by atoms with Crippen molar-refractivity contribution in [3.05, 3.63) is 46.1 Å². The molecule has 1 rings (SSSR count). The Bertz CT molecular complexity index is 367. The highest BCUT2D eigenvalue weighted by Gasteiger charge is 2.00. The summed E-state index contributed by atoms with van der Waals surface area (Å²) >= 11 is 0. The number of hydrogen-bond donors (Lipinski definition) is 1. The van der Waals surface area contributed by atoms with E-state index in [1.807, 2.05) is 0 Å². The van der Waals surface area contributed by atoms with Gasteiger partial charge in [-0.05, 0) is 34.9 Å². The van der Waals surface area contributed by atoms with E-state index >= 15 is 0 Å². The average molecular weight is 180 g/mol. The normalized spacial score (nSPS) is 10.7. The van der Waals surface area contributed by atoms with E-state index in [2.05, 4.69) is 15.2 Å². The minimum atomic E-state index is -0.415. The summed E-state index contributed by atoms with van der Waals surface area (Å²) in [5.41, 5.74) is 8.42. The molecule has 66 valence electrons. The van der Waals surface area contributed by atoms with Crippen LogP contribution in [0.15, 0.2) is 34.5 Å². The Morgan fingerprint density at radius 2 is 2.00 bits per heavy atom. The molecule has 0 spiro atoms. The van der Waals surface area contributed by atoms with E-state index in [1.54, 1.807) is 0 Å². The fourth-order valence-electron chi connectivity index (χ4n) is 0.777. The molecule has 0 aliphatic carbocycles. The maximum atomic E-state index is 12.4. The van der Waals surface area contributed by atoms with Crippen molar-refractivity contribution in [2.24, 2.45) is 10.3 Å². The summed E-state index contributed by atoms with van der Waals surface area (Å²) in [6, 6.07) is 5.04. The third kappa shape index (κ3) is 2.18. The van der Waals surface area contributed by atoms with Crippen molar-refractivity contribution in [1.82, 2.24) is 0 Å². The number of azide groups is 1. The molecular formula is C7H5FN4O. The highest BCUT2D eigenvalue weighted by molar-refractivity contribution is 5.98. The molecule has 1 N–H and O–H groups in total. The zero-order valence-corrected chi connectivity index (χ0v) is 6.42. The van der Waals surface area contributed by atoms with Gasteiger partial charge in [-0.3, -0.25) is 0 Å². The second-order valence-corrected chi connectivity index (χ2v) is 2.12. The number of amidine groups is 1. The molecule has 0 bridgehead atoms. The fraction of sp³-hybridized carbons (Fsp3) is 0. The smallest absolute Gasteiger partial charge is 0.173 e. The van der Waals surface area contributed by atoms with Crippen molar-refractivity contribution in [3.63, 3.8) is 0 Å². The molecule has 0 amide bonds. The Morgan fingerprint density at radius 3 is 2.46 bits per heavy atom. The Hall–Kier alpha value is -2.07. The maximum Gasteiger partial charge on any atom is 0.173 e. The third-order valence-corrected chi connectivity index (χ3v) is 1.34. The SMILES string of the molecule is [N-]=[N+]=N/C(=N\O)c1ccc(F)cc1. The molecule has 0 saturated heterocycles. The van der Waals surface area contributed by atoms with Crippen molar-refractivity contribution in [2.45, 2.75) is 0 Å². The minimum absolute atomic E-state index is 0.192. The summed E-state index contributed by atoms with van der Waals surface area (Å²) in [6.07, 6.45) is 0.